The molecule has 9 nitrogen and oxygen atoms in total. The zero-order chi connectivity index (χ0) is 34.8. The maximum Gasteiger partial charge on any atom is 0.407 e. The number of hydrogen-bond acceptors (Lipinski definition) is 7. The summed E-state index contributed by atoms with van der Waals surface area (Å²) in [6, 6.07) is 36.7. The van der Waals surface area contributed by atoms with Crippen LogP contribution in [0.2, 0.25) is 0 Å². The van der Waals surface area contributed by atoms with Gasteiger partial charge in [-0.2, -0.15) is 5.26 Å². The highest BCUT2D eigenvalue weighted by Crippen LogP contribution is 2.17. The van der Waals surface area contributed by atoms with Gasteiger partial charge in [-0.25, -0.2) is 4.79 Å². The van der Waals surface area contributed by atoms with Gasteiger partial charge in [0.1, 0.15) is 30.3 Å². The number of hydrogen-bond donors (Lipinski definition) is 3. The highest BCUT2D eigenvalue weighted by atomic mass is 16.6. The lowest BCUT2D eigenvalue weighted by atomic mass is 10.0. The molecule has 0 unspecified atom stereocenters. The molecule has 0 bridgehead atoms. The Labute approximate surface area is 283 Å². The van der Waals surface area contributed by atoms with Gasteiger partial charge in [0.05, 0.1) is 18.9 Å². The lowest BCUT2D eigenvalue weighted by Gasteiger charge is -2.22. The fourth-order valence-corrected chi connectivity index (χ4v) is 4.57. The molecule has 0 saturated carbocycles. The van der Waals surface area contributed by atoms with E-state index in [2.05, 4.69) is 11.4 Å². The number of carboxylic acids is 1. The molecule has 48 heavy (non-hydrogen) atoms. The molecule has 0 spiro atoms. The monoisotopic (exact) mass is 651 g/mol. The van der Waals surface area contributed by atoms with Crippen LogP contribution < -0.4 is 20.5 Å². The summed E-state index contributed by atoms with van der Waals surface area (Å²) >= 11 is 0. The Morgan fingerprint density at radius 2 is 1.21 bits per heavy atom. The topological polar surface area (TPSA) is 144 Å². The molecule has 2 atom stereocenters. The quantitative estimate of drug-likeness (QED) is 0.130. The number of nitrogens with one attached hydrogen (secondary N) is 1. The predicted octanol–water partition coefficient (Wildman–Crippen LogP) is 7.23. The highest BCUT2D eigenvalue weighted by molar-refractivity contribution is 5.68. The number of nitriles is 1. The number of aliphatic carboxylic acids is 1. The first-order valence-corrected chi connectivity index (χ1v) is 15.8. The molecule has 0 fully saturated rings. The maximum absolute atomic E-state index is 11.9. The second-order valence-electron chi connectivity index (χ2n) is 12.3. The Bertz CT molecular complexity index is 1570. The van der Waals surface area contributed by atoms with Crippen molar-refractivity contribution in [3.05, 3.63) is 131 Å². The van der Waals surface area contributed by atoms with Gasteiger partial charge in [-0.3, -0.25) is 4.79 Å². The molecule has 0 heterocycles. The molecule has 0 aliphatic carbocycles. The fourth-order valence-electron chi connectivity index (χ4n) is 4.57. The molecule has 0 aromatic heterocycles. The molecule has 1 amide bonds. The van der Waals surface area contributed by atoms with E-state index in [4.69, 9.17) is 30.3 Å². The molecule has 0 saturated heterocycles. The number of amides is 1. The molecule has 9 heteroatoms. The Morgan fingerprint density at radius 3 is 1.62 bits per heavy atom. The first-order chi connectivity index (χ1) is 23.0. The molecule has 252 valence electrons. The Hall–Kier alpha value is -5.33. The van der Waals surface area contributed by atoms with Crippen LogP contribution in [0.3, 0.4) is 0 Å². The average molecular weight is 652 g/mol. The summed E-state index contributed by atoms with van der Waals surface area (Å²) in [5.41, 5.74) is 9.44. The van der Waals surface area contributed by atoms with Gasteiger partial charge in [0, 0.05) is 12.1 Å². The van der Waals surface area contributed by atoms with Crippen molar-refractivity contribution < 1.29 is 28.9 Å². The van der Waals surface area contributed by atoms with Gasteiger partial charge in [0.2, 0.25) is 0 Å². The van der Waals surface area contributed by atoms with Crippen LogP contribution in [-0.2, 0) is 35.6 Å². The third-order valence-electron chi connectivity index (χ3n) is 6.82. The van der Waals surface area contributed by atoms with Crippen molar-refractivity contribution in [1.29, 1.82) is 5.26 Å². The van der Waals surface area contributed by atoms with Crippen LogP contribution in [0.5, 0.6) is 11.5 Å². The largest absolute Gasteiger partial charge is 0.489 e. The van der Waals surface area contributed by atoms with E-state index in [1.54, 1.807) is 20.8 Å². The smallest absolute Gasteiger partial charge is 0.407 e. The summed E-state index contributed by atoms with van der Waals surface area (Å²) in [6.45, 7) is 6.45. The van der Waals surface area contributed by atoms with Gasteiger partial charge < -0.3 is 30.4 Å². The lowest BCUT2D eigenvalue weighted by Crippen LogP contribution is -2.40. The van der Waals surface area contributed by atoms with Crippen molar-refractivity contribution >= 4 is 12.1 Å². The van der Waals surface area contributed by atoms with E-state index >= 15 is 0 Å². The third-order valence-corrected chi connectivity index (χ3v) is 6.82. The number of ether oxygens (including phenoxy) is 3. The number of nitrogens with zero attached hydrogens (tertiary/aromatic N) is 1. The van der Waals surface area contributed by atoms with E-state index in [1.165, 1.54) is 0 Å². The van der Waals surface area contributed by atoms with E-state index in [-0.39, 0.29) is 24.9 Å². The first-order valence-electron chi connectivity index (χ1n) is 15.8. The molecule has 0 aliphatic rings. The average Bonchev–Trinajstić information content (AvgIpc) is 3.04. The van der Waals surface area contributed by atoms with Crippen molar-refractivity contribution in [1.82, 2.24) is 5.32 Å². The minimum absolute atomic E-state index is 0.0216. The van der Waals surface area contributed by atoms with Gasteiger partial charge in [0.15, 0.2) is 0 Å². The second kappa shape index (κ2) is 19.4. The van der Waals surface area contributed by atoms with Gasteiger partial charge in [-0.1, -0.05) is 84.9 Å². The number of carbonyl (C=O) groups excluding carboxylic acids is 1. The number of alkyl carbamates (subject to hydrolysis) is 1. The number of carboxylic acid groups (broad SMARTS) is 1. The van der Waals surface area contributed by atoms with Crippen LogP contribution in [-0.4, -0.2) is 34.9 Å². The number of carbonyl (C=O) groups is 2. The number of rotatable bonds is 14. The van der Waals surface area contributed by atoms with Crippen LogP contribution in [0.25, 0.3) is 0 Å². The van der Waals surface area contributed by atoms with Gasteiger partial charge in [-0.15, -0.1) is 0 Å². The van der Waals surface area contributed by atoms with Gasteiger partial charge in [-0.05, 0) is 80.1 Å². The highest BCUT2D eigenvalue weighted by Gasteiger charge is 2.20. The van der Waals surface area contributed by atoms with Crippen LogP contribution in [0.15, 0.2) is 109 Å². The Kier molecular flexibility index (Phi) is 15.0. The standard InChI is InChI=1S/C22H26N2O3.C17H19NO3/c1-22(2,3)27-21(25)24-19(13-14-23)15-17-9-11-20(12-10-17)26-16-18-7-5-4-6-8-18;18-15(11-17(19)20)10-13-6-8-16(9-7-13)21-12-14-4-2-1-3-5-14/h4-12,19H,13,15-16H2,1-3H3,(H,24,25);1-9,15H,10-12,18H2,(H,19,20)/t19-;15-/m10/s1. The SMILES string of the molecule is CC(C)(C)OC(=O)N[C@H](CC#N)Cc1ccc(OCc2ccccc2)cc1.N[C@H](CC(=O)O)Cc1ccc(OCc2ccccc2)cc1. The minimum Gasteiger partial charge on any atom is -0.489 e. The zero-order valence-electron chi connectivity index (χ0n) is 27.8. The minimum atomic E-state index is -0.870. The molecule has 0 aliphatic heterocycles. The van der Waals surface area contributed by atoms with E-state index in [0.717, 1.165) is 33.8 Å². The van der Waals surface area contributed by atoms with E-state index in [9.17, 15) is 9.59 Å². The van der Waals surface area contributed by atoms with Crippen LogP contribution >= 0.6 is 0 Å². The summed E-state index contributed by atoms with van der Waals surface area (Å²) < 4.78 is 16.7. The van der Waals surface area contributed by atoms with Crippen molar-refractivity contribution in [3.8, 4) is 17.6 Å². The summed E-state index contributed by atoms with van der Waals surface area (Å²) in [5.74, 6) is 0.694. The molecular formula is C39H45N3O6. The van der Waals surface area contributed by atoms with Crippen LogP contribution in [0.1, 0.15) is 55.9 Å². The Balaban J connectivity index is 0.000000269. The van der Waals surface area contributed by atoms with E-state index in [0.29, 0.717) is 26.1 Å². The van der Waals surface area contributed by atoms with Crippen molar-refractivity contribution in [2.45, 2.75) is 77.4 Å². The number of nitrogens with two attached hydrogens (primary N) is 1. The number of benzene rings is 4. The normalized spacial score (nSPS) is 11.9. The van der Waals surface area contributed by atoms with Crippen molar-refractivity contribution in [2.24, 2.45) is 5.73 Å². The van der Waals surface area contributed by atoms with Gasteiger partial charge in [0.25, 0.3) is 0 Å². The molecule has 0 radical (unpaired) electrons. The van der Waals surface area contributed by atoms with Gasteiger partial charge >= 0.3 is 12.1 Å². The maximum atomic E-state index is 11.9. The molecular weight excluding hydrogens is 606 g/mol. The first kappa shape index (κ1) is 37.1. The molecule has 4 aromatic carbocycles. The summed E-state index contributed by atoms with van der Waals surface area (Å²) in [7, 11) is 0. The molecule has 4 rings (SSSR count). The fraction of sp³-hybridized carbons (Fsp3) is 0.308. The van der Waals surface area contributed by atoms with Crippen LogP contribution in [0.4, 0.5) is 4.79 Å². The van der Waals surface area contributed by atoms with Crippen molar-refractivity contribution in [2.75, 3.05) is 0 Å². The van der Waals surface area contributed by atoms with E-state index < -0.39 is 17.7 Å². The summed E-state index contributed by atoms with van der Waals surface area (Å²) in [5, 5.41) is 20.5. The second-order valence-corrected chi connectivity index (χ2v) is 12.3. The lowest BCUT2D eigenvalue weighted by molar-refractivity contribution is -0.137. The Morgan fingerprint density at radius 1 is 0.750 bits per heavy atom. The van der Waals surface area contributed by atoms with Crippen molar-refractivity contribution in [3.63, 3.8) is 0 Å². The summed E-state index contributed by atoms with van der Waals surface area (Å²) in [6.07, 6.45) is 0.778. The molecule has 4 aromatic rings. The van der Waals surface area contributed by atoms with E-state index in [1.807, 2.05) is 109 Å². The predicted molar refractivity (Wildman–Crippen MR) is 185 cm³/mol. The van der Waals surface area contributed by atoms with Crippen LogP contribution in [0, 0.1) is 11.3 Å². The molecule has 4 N–H and O–H groups in total. The zero-order valence-corrected chi connectivity index (χ0v) is 27.8. The summed E-state index contributed by atoms with van der Waals surface area (Å²) in [4.78, 5) is 22.5. The third kappa shape index (κ3) is 15.3.